The Hall–Kier alpha value is -1.36. The predicted molar refractivity (Wildman–Crippen MR) is 133 cm³/mol. The van der Waals surface area contributed by atoms with Gasteiger partial charge < -0.3 is 16.4 Å². The van der Waals surface area contributed by atoms with Crippen molar-refractivity contribution in [1.29, 1.82) is 0 Å². The van der Waals surface area contributed by atoms with Crippen molar-refractivity contribution in [1.82, 2.24) is 10.6 Å². The highest BCUT2D eigenvalue weighted by molar-refractivity contribution is 5.81. The van der Waals surface area contributed by atoms with Gasteiger partial charge in [0.15, 0.2) is 0 Å². The SMILES string of the molecule is CCCCCCCC/C=C\CCCCCCCC(=O)NCCCC[C@H](N)C(=O)NCC. The molecule has 0 saturated carbocycles. The molecule has 0 bridgehead atoms. The molecule has 5 heteroatoms. The van der Waals surface area contributed by atoms with E-state index < -0.39 is 6.04 Å². The fraction of sp³-hybridized carbons (Fsp3) is 0.846. The Morgan fingerprint density at radius 2 is 1.32 bits per heavy atom. The van der Waals surface area contributed by atoms with Gasteiger partial charge in [-0.1, -0.05) is 70.4 Å². The van der Waals surface area contributed by atoms with Crippen molar-refractivity contribution in [2.24, 2.45) is 5.73 Å². The average molecular weight is 438 g/mol. The molecule has 0 radical (unpaired) electrons. The van der Waals surface area contributed by atoms with Crippen molar-refractivity contribution in [3.63, 3.8) is 0 Å². The second-order valence-corrected chi connectivity index (χ2v) is 8.68. The van der Waals surface area contributed by atoms with Gasteiger partial charge in [-0.3, -0.25) is 9.59 Å². The molecule has 0 aromatic heterocycles. The first-order valence-corrected chi connectivity index (χ1v) is 13.1. The van der Waals surface area contributed by atoms with Crippen LogP contribution in [0.15, 0.2) is 12.2 Å². The fourth-order valence-corrected chi connectivity index (χ4v) is 3.60. The monoisotopic (exact) mass is 437 g/mol. The van der Waals surface area contributed by atoms with Crippen molar-refractivity contribution >= 4 is 11.8 Å². The Labute approximate surface area is 192 Å². The van der Waals surface area contributed by atoms with Crippen LogP contribution in [0.1, 0.15) is 123 Å². The maximum atomic E-state index is 11.9. The van der Waals surface area contributed by atoms with Crippen LogP contribution in [0, 0.1) is 0 Å². The van der Waals surface area contributed by atoms with Crippen molar-refractivity contribution < 1.29 is 9.59 Å². The van der Waals surface area contributed by atoms with E-state index in [1.165, 1.54) is 70.6 Å². The molecule has 0 fully saturated rings. The highest BCUT2D eigenvalue weighted by Crippen LogP contribution is 2.10. The topological polar surface area (TPSA) is 84.2 Å². The first-order valence-electron chi connectivity index (χ1n) is 13.1. The molecule has 0 saturated heterocycles. The molecule has 2 amide bonds. The lowest BCUT2D eigenvalue weighted by atomic mass is 10.1. The highest BCUT2D eigenvalue weighted by atomic mass is 16.2. The minimum Gasteiger partial charge on any atom is -0.356 e. The van der Waals surface area contributed by atoms with E-state index in [9.17, 15) is 9.59 Å². The number of unbranched alkanes of at least 4 members (excludes halogenated alkanes) is 12. The molecule has 1 atom stereocenters. The molecule has 0 aliphatic carbocycles. The zero-order chi connectivity index (χ0) is 23.0. The maximum absolute atomic E-state index is 11.9. The van der Waals surface area contributed by atoms with Crippen LogP contribution < -0.4 is 16.4 Å². The van der Waals surface area contributed by atoms with Gasteiger partial charge in [0.25, 0.3) is 0 Å². The summed E-state index contributed by atoms with van der Waals surface area (Å²) in [5.41, 5.74) is 5.81. The molecule has 4 N–H and O–H groups in total. The van der Waals surface area contributed by atoms with Gasteiger partial charge in [0.1, 0.15) is 0 Å². The summed E-state index contributed by atoms with van der Waals surface area (Å²) in [6.45, 7) is 5.43. The molecule has 0 aromatic rings. The number of hydrogen-bond acceptors (Lipinski definition) is 3. The molecule has 31 heavy (non-hydrogen) atoms. The first-order chi connectivity index (χ1) is 15.1. The molecule has 182 valence electrons. The van der Waals surface area contributed by atoms with Gasteiger partial charge in [-0.2, -0.15) is 0 Å². The summed E-state index contributed by atoms with van der Waals surface area (Å²) in [7, 11) is 0. The van der Waals surface area contributed by atoms with Crippen LogP contribution in [0.25, 0.3) is 0 Å². The minimum absolute atomic E-state index is 0.0873. The van der Waals surface area contributed by atoms with Crippen LogP contribution in [0.4, 0.5) is 0 Å². The van der Waals surface area contributed by atoms with E-state index in [2.05, 4.69) is 29.7 Å². The molecule has 0 heterocycles. The molecule has 0 aromatic carbocycles. The molecule has 0 unspecified atom stereocenters. The number of carbonyl (C=O) groups excluding carboxylic acids is 2. The largest absolute Gasteiger partial charge is 0.356 e. The molecular weight excluding hydrogens is 386 g/mol. The summed E-state index contributed by atoms with van der Waals surface area (Å²) in [4.78, 5) is 23.4. The maximum Gasteiger partial charge on any atom is 0.236 e. The Bertz CT molecular complexity index is 452. The van der Waals surface area contributed by atoms with Crippen LogP contribution in [-0.2, 0) is 9.59 Å². The van der Waals surface area contributed by atoms with Gasteiger partial charge in [-0.15, -0.1) is 0 Å². The number of nitrogens with one attached hydrogen (secondary N) is 2. The third-order valence-electron chi connectivity index (χ3n) is 5.62. The summed E-state index contributed by atoms with van der Waals surface area (Å²) in [6.07, 6.45) is 24.2. The number of likely N-dealkylation sites (N-methyl/N-ethyl adjacent to an activating group) is 1. The van der Waals surface area contributed by atoms with E-state index in [0.717, 1.165) is 25.7 Å². The van der Waals surface area contributed by atoms with Crippen LogP contribution in [-0.4, -0.2) is 30.9 Å². The molecular formula is C26H51N3O2. The Kier molecular flexibility index (Phi) is 22.3. The zero-order valence-electron chi connectivity index (χ0n) is 20.6. The van der Waals surface area contributed by atoms with E-state index in [-0.39, 0.29) is 11.8 Å². The predicted octanol–water partition coefficient (Wildman–Crippen LogP) is 5.77. The van der Waals surface area contributed by atoms with E-state index in [0.29, 0.717) is 25.9 Å². The molecule has 0 aliphatic rings. The van der Waals surface area contributed by atoms with E-state index >= 15 is 0 Å². The van der Waals surface area contributed by atoms with Crippen molar-refractivity contribution in [2.45, 2.75) is 129 Å². The van der Waals surface area contributed by atoms with E-state index in [4.69, 9.17) is 5.73 Å². The summed E-state index contributed by atoms with van der Waals surface area (Å²) in [6, 6.07) is -0.438. The molecule has 0 rings (SSSR count). The van der Waals surface area contributed by atoms with Gasteiger partial charge in [-0.05, 0) is 58.3 Å². The van der Waals surface area contributed by atoms with Crippen molar-refractivity contribution in [3.05, 3.63) is 12.2 Å². The quantitative estimate of drug-likeness (QED) is 0.148. The Morgan fingerprint density at radius 1 is 0.742 bits per heavy atom. The third kappa shape index (κ3) is 21.7. The zero-order valence-corrected chi connectivity index (χ0v) is 20.6. The highest BCUT2D eigenvalue weighted by Gasteiger charge is 2.11. The second-order valence-electron chi connectivity index (χ2n) is 8.68. The van der Waals surface area contributed by atoms with Crippen molar-refractivity contribution in [2.75, 3.05) is 13.1 Å². The smallest absolute Gasteiger partial charge is 0.236 e. The Morgan fingerprint density at radius 3 is 1.94 bits per heavy atom. The fourth-order valence-electron chi connectivity index (χ4n) is 3.60. The second kappa shape index (κ2) is 23.3. The van der Waals surface area contributed by atoms with Crippen LogP contribution >= 0.6 is 0 Å². The minimum atomic E-state index is -0.438. The lowest BCUT2D eigenvalue weighted by Gasteiger charge is -2.11. The normalized spacial score (nSPS) is 12.2. The lowest BCUT2D eigenvalue weighted by molar-refractivity contribution is -0.123. The van der Waals surface area contributed by atoms with Crippen LogP contribution in [0.5, 0.6) is 0 Å². The average Bonchev–Trinajstić information content (AvgIpc) is 2.76. The number of rotatable bonds is 22. The van der Waals surface area contributed by atoms with Gasteiger partial charge in [0.05, 0.1) is 6.04 Å². The van der Waals surface area contributed by atoms with E-state index in [1.54, 1.807) is 0 Å². The number of allylic oxidation sites excluding steroid dienone is 2. The van der Waals surface area contributed by atoms with Crippen molar-refractivity contribution in [3.8, 4) is 0 Å². The number of nitrogens with two attached hydrogens (primary N) is 1. The summed E-state index contributed by atoms with van der Waals surface area (Å²) in [5, 5.41) is 5.70. The van der Waals surface area contributed by atoms with Gasteiger partial charge in [-0.25, -0.2) is 0 Å². The standard InChI is InChI=1S/C26H51N3O2/c1-3-5-6-7-8-9-10-11-12-13-14-15-16-17-18-22-25(30)29-23-20-19-21-24(27)26(31)28-4-2/h11-12,24H,3-10,13-23,27H2,1-2H3,(H,28,31)(H,29,30)/b12-11-/t24-/m0/s1. The summed E-state index contributed by atoms with van der Waals surface area (Å²) in [5.74, 6) is 0.0568. The lowest BCUT2D eigenvalue weighted by Crippen LogP contribution is -2.40. The number of carbonyl (C=O) groups is 2. The van der Waals surface area contributed by atoms with Crippen LogP contribution in [0.3, 0.4) is 0 Å². The summed E-state index contributed by atoms with van der Waals surface area (Å²) < 4.78 is 0. The van der Waals surface area contributed by atoms with E-state index in [1.807, 2.05) is 6.92 Å². The number of amides is 2. The molecule has 0 aliphatic heterocycles. The van der Waals surface area contributed by atoms with Gasteiger partial charge >= 0.3 is 0 Å². The van der Waals surface area contributed by atoms with Gasteiger partial charge in [0.2, 0.25) is 11.8 Å². The summed E-state index contributed by atoms with van der Waals surface area (Å²) >= 11 is 0. The third-order valence-corrected chi connectivity index (χ3v) is 5.62. The molecule has 0 spiro atoms. The van der Waals surface area contributed by atoms with Gasteiger partial charge in [0, 0.05) is 19.5 Å². The first kappa shape index (κ1) is 29.6. The Balaban J connectivity index is 3.34. The number of hydrogen-bond donors (Lipinski definition) is 3. The molecule has 5 nitrogen and oxygen atoms in total. The van der Waals surface area contributed by atoms with Crippen LogP contribution in [0.2, 0.25) is 0 Å².